The number of ether oxygens (including phenoxy) is 1. The molecule has 5 rings (SSSR count). The van der Waals surface area contributed by atoms with Crippen molar-refractivity contribution in [2.45, 2.75) is 77.9 Å². The normalized spacial score (nSPS) is 50.9. The van der Waals surface area contributed by atoms with Crippen LogP contribution in [0, 0.1) is 34.5 Å². The van der Waals surface area contributed by atoms with Gasteiger partial charge in [0, 0.05) is 6.54 Å². The van der Waals surface area contributed by atoms with Crippen LogP contribution < -0.4 is 5.32 Å². The van der Waals surface area contributed by atoms with E-state index in [0.717, 1.165) is 50.4 Å². The molecule has 1 heterocycles. The first kappa shape index (κ1) is 19.3. The fraction of sp³-hybridized carbons (Fsp3) is 0.840. The van der Waals surface area contributed by atoms with Gasteiger partial charge >= 0.3 is 0 Å². The molecule has 0 aromatic heterocycles. The summed E-state index contributed by atoms with van der Waals surface area (Å²) >= 11 is 0. The maximum atomic E-state index is 10.3. The first-order valence-corrected chi connectivity index (χ1v) is 11.9. The molecule has 0 bridgehead atoms. The van der Waals surface area contributed by atoms with Crippen molar-refractivity contribution < 1.29 is 9.84 Å². The molecule has 3 nitrogen and oxygen atoms in total. The summed E-state index contributed by atoms with van der Waals surface area (Å²) in [5.74, 6) is 3.06. The second-order valence-electron chi connectivity index (χ2n) is 10.8. The standard InChI is InChI=1S/C25H39NO2/c1-4-16-13-17-14-18(27)7-9-24(17,2)21-8-10-25(3)19(5-6-20(25)23(16)21)22-15-28-12-11-26-22/h5,13,16,18,20-23,26-27H,4,6-12,14-15H2,1-3H3/t16?,18?,20-,21+,22?,23-,24-,25+/m0/s1. The molecule has 0 radical (unpaired) electrons. The molecule has 1 saturated heterocycles. The monoisotopic (exact) mass is 385 g/mol. The minimum atomic E-state index is -0.112. The van der Waals surface area contributed by atoms with Gasteiger partial charge in [-0.25, -0.2) is 0 Å². The molecule has 4 aliphatic carbocycles. The minimum Gasteiger partial charge on any atom is -0.393 e. The largest absolute Gasteiger partial charge is 0.393 e. The summed E-state index contributed by atoms with van der Waals surface area (Å²) in [6, 6.07) is 0.426. The Labute approximate surface area is 171 Å². The number of aliphatic hydroxyl groups is 1. The second kappa shape index (κ2) is 6.96. The van der Waals surface area contributed by atoms with E-state index in [0.29, 0.717) is 22.8 Å². The van der Waals surface area contributed by atoms with Crippen molar-refractivity contribution in [1.82, 2.24) is 5.32 Å². The fourth-order valence-corrected chi connectivity index (χ4v) is 8.10. The maximum absolute atomic E-state index is 10.3. The quantitative estimate of drug-likeness (QED) is 0.689. The van der Waals surface area contributed by atoms with Gasteiger partial charge in [0.2, 0.25) is 0 Å². The molecule has 2 saturated carbocycles. The van der Waals surface area contributed by atoms with Gasteiger partial charge in [-0.15, -0.1) is 0 Å². The van der Waals surface area contributed by atoms with Crippen molar-refractivity contribution in [1.29, 1.82) is 0 Å². The van der Waals surface area contributed by atoms with Gasteiger partial charge in [-0.05, 0) is 85.0 Å². The van der Waals surface area contributed by atoms with E-state index in [1.807, 2.05) is 0 Å². The van der Waals surface area contributed by atoms with Crippen LogP contribution in [0.2, 0.25) is 0 Å². The number of fused-ring (bicyclic) bond motifs is 5. The van der Waals surface area contributed by atoms with Crippen molar-refractivity contribution in [3.8, 4) is 0 Å². The van der Waals surface area contributed by atoms with Gasteiger partial charge in [-0.3, -0.25) is 0 Å². The van der Waals surface area contributed by atoms with Gasteiger partial charge in [0.05, 0.1) is 25.4 Å². The van der Waals surface area contributed by atoms with E-state index in [9.17, 15) is 5.11 Å². The lowest BCUT2D eigenvalue weighted by Gasteiger charge is -2.60. The molecule has 156 valence electrons. The van der Waals surface area contributed by atoms with E-state index >= 15 is 0 Å². The predicted molar refractivity (Wildman–Crippen MR) is 113 cm³/mol. The van der Waals surface area contributed by atoms with E-state index in [-0.39, 0.29) is 6.10 Å². The highest BCUT2D eigenvalue weighted by molar-refractivity contribution is 5.33. The Bertz CT molecular complexity index is 678. The van der Waals surface area contributed by atoms with Crippen molar-refractivity contribution in [3.63, 3.8) is 0 Å². The van der Waals surface area contributed by atoms with Gasteiger partial charge in [-0.2, -0.15) is 0 Å². The van der Waals surface area contributed by atoms with Crippen LogP contribution in [-0.2, 0) is 4.74 Å². The molecular weight excluding hydrogens is 346 g/mol. The Morgan fingerprint density at radius 3 is 2.75 bits per heavy atom. The van der Waals surface area contributed by atoms with Crippen LogP contribution in [0.1, 0.15) is 65.7 Å². The molecule has 2 N–H and O–H groups in total. The Hall–Kier alpha value is -0.640. The number of nitrogens with one attached hydrogen (secondary N) is 1. The molecule has 28 heavy (non-hydrogen) atoms. The van der Waals surface area contributed by atoms with Crippen LogP contribution in [0.3, 0.4) is 0 Å². The first-order chi connectivity index (χ1) is 13.5. The number of hydrogen-bond donors (Lipinski definition) is 2. The highest BCUT2D eigenvalue weighted by Gasteiger charge is 2.59. The van der Waals surface area contributed by atoms with Crippen LogP contribution >= 0.6 is 0 Å². The highest BCUT2D eigenvalue weighted by Crippen LogP contribution is 2.66. The molecule has 3 fully saturated rings. The predicted octanol–water partition coefficient (Wildman–Crippen LogP) is 4.47. The molecule has 8 atom stereocenters. The van der Waals surface area contributed by atoms with E-state index in [2.05, 4.69) is 38.2 Å². The van der Waals surface area contributed by atoms with Crippen LogP contribution in [0.5, 0.6) is 0 Å². The van der Waals surface area contributed by atoms with Crippen LogP contribution in [0.15, 0.2) is 23.3 Å². The van der Waals surface area contributed by atoms with Gasteiger partial charge < -0.3 is 15.2 Å². The summed E-state index contributed by atoms with van der Waals surface area (Å²) in [5, 5.41) is 14.1. The van der Waals surface area contributed by atoms with Crippen LogP contribution in [-0.4, -0.2) is 37.0 Å². The van der Waals surface area contributed by atoms with Gasteiger partial charge in [0.1, 0.15) is 0 Å². The van der Waals surface area contributed by atoms with Gasteiger partial charge in [0.15, 0.2) is 0 Å². The lowest BCUT2D eigenvalue weighted by molar-refractivity contribution is -0.0548. The lowest BCUT2D eigenvalue weighted by Crippen LogP contribution is -2.54. The zero-order chi connectivity index (χ0) is 19.5. The Kier molecular flexibility index (Phi) is 4.80. The summed E-state index contributed by atoms with van der Waals surface area (Å²) in [6.45, 7) is 10.2. The highest BCUT2D eigenvalue weighted by atomic mass is 16.5. The molecule has 3 unspecified atom stereocenters. The van der Waals surface area contributed by atoms with E-state index < -0.39 is 0 Å². The molecule has 5 aliphatic rings. The average molecular weight is 386 g/mol. The molecule has 0 spiro atoms. The Morgan fingerprint density at radius 1 is 1.18 bits per heavy atom. The summed E-state index contributed by atoms with van der Waals surface area (Å²) in [6.07, 6.45) is 13.4. The molecule has 0 amide bonds. The topological polar surface area (TPSA) is 41.5 Å². The Morgan fingerprint density at radius 2 is 2.00 bits per heavy atom. The summed E-state index contributed by atoms with van der Waals surface area (Å²) in [7, 11) is 0. The maximum Gasteiger partial charge on any atom is 0.0659 e. The van der Waals surface area contributed by atoms with Crippen molar-refractivity contribution >= 4 is 0 Å². The van der Waals surface area contributed by atoms with Gasteiger partial charge in [0.25, 0.3) is 0 Å². The summed E-state index contributed by atoms with van der Waals surface area (Å²) in [5.41, 5.74) is 3.91. The SMILES string of the molecule is CCC1C=C2CC(O)CC[C@]2(C)[C@@H]2CC[C@]3(C)C(C4COCCN4)=CC[C@H]3[C@H]12. The number of hydrogen-bond acceptors (Lipinski definition) is 3. The first-order valence-electron chi connectivity index (χ1n) is 11.9. The van der Waals surface area contributed by atoms with Crippen LogP contribution in [0.4, 0.5) is 0 Å². The third-order valence-electron chi connectivity index (χ3n) is 9.66. The van der Waals surface area contributed by atoms with E-state index in [1.54, 1.807) is 11.1 Å². The number of aliphatic hydroxyl groups excluding tert-OH is 1. The van der Waals surface area contributed by atoms with Crippen LogP contribution in [0.25, 0.3) is 0 Å². The average Bonchev–Trinajstić information content (AvgIpc) is 3.06. The molecule has 1 aliphatic heterocycles. The lowest BCUT2D eigenvalue weighted by atomic mass is 9.45. The second-order valence-corrected chi connectivity index (χ2v) is 10.8. The zero-order valence-electron chi connectivity index (χ0n) is 18.0. The third-order valence-corrected chi connectivity index (χ3v) is 9.66. The fourth-order valence-electron chi connectivity index (χ4n) is 8.10. The third kappa shape index (κ3) is 2.72. The zero-order valence-corrected chi connectivity index (χ0v) is 18.0. The smallest absolute Gasteiger partial charge is 0.0659 e. The number of morpholine rings is 1. The van der Waals surface area contributed by atoms with E-state index in [4.69, 9.17) is 4.74 Å². The van der Waals surface area contributed by atoms with Crippen molar-refractivity contribution in [2.75, 3.05) is 19.8 Å². The Balaban J connectivity index is 1.48. The van der Waals surface area contributed by atoms with Crippen molar-refractivity contribution in [2.24, 2.45) is 34.5 Å². The molecule has 0 aromatic rings. The molecule has 3 heteroatoms. The minimum absolute atomic E-state index is 0.112. The van der Waals surface area contributed by atoms with Crippen molar-refractivity contribution in [3.05, 3.63) is 23.3 Å². The summed E-state index contributed by atoms with van der Waals surface area (Å²) in [4.78, 5) is 0. The number of rotatable bonds is 2. The van der Waals surface area contributed by atoms with Gasteiger partial charge in [-0.1, -0.05) is 38.5 Å². The van der Waals surface area contributed by atoms with E-state index in [1.165, 1.54) is 32.1 Å². The summed E-state index contributed by atoms with van der Waals surface area (Å²) < 4.78 is 5.83. The molecular formula is C25H39NO2. The molecule has 0 aromatic carbocycles. The number of allylic oxidation sites excluding steroid dienone is 2.